The Morgan fingerprint density at radius 1 is 0.940 bits per heavy atom. The molecule has 3 fully saturated rings. The predicted molar refractivity (Wildman–Crippen MR) is 239 cm³/mol. The van der Waals surface area contributed by atoms with Crippen molar-refractivity contribution < 1.29 is 77.3 Å². The minimum absolute atomic E-state index is 0. The number of amides is 2. The van der Waals surface area contributed by atoms with Gasteiger partial charge in [-0.15, -0.1) is 0 Å². The lowest BCUT2D eigenvalue weighted by atomic mass is 9.44. The maximum absolute atomic E-state index is 15.1. The predicted octanol–water partition coefficient (Wildman–Crippen LogP) is 2.22. The largest absolute Gasteiger partial charge is 0.455 e. The van der Waals surface area contributed by atoms with Crippen LogP contribution >= 0.6 is 0 Å². The third-order valence-corrected chi connectivity index (χ3v) is 13.6. The SMILES string of the molecule is C.CCOCCC(=O)NCC(=O)O[C@@H](C(=O)O[C@H]1C[C@@]2(O)[C@@H](OC(=O)c3ccccc3)C3C(C)(C(=O)[C@H](O)C(=C1C)C2(C)C)[C@@H](O)CC1OC[C@]13OC(C)=O)[C@@H](NC(C)=O)c1ccccc1.[B]. The van der Waals surface area contributed by atoms with Gasteiger partial charge in [-0.1, -0.05) is 69.8 Å². The highest BCUT2D eigenvalue weighted by Gasteiger charge is 2.78. The first-order valence-electron chi connectivity index (χ1n) is 21.6. The van der Waals surface area contributed by atoms with Crippen LogP contribution in [0.3, 0.4) is 0 Å². The molecule has 3 unspecified atom stereocenters. The number of hydrogen-bond acceptors (Lipinski definition) is 16. The van der Waals surface area contributed by atoms with Gasteiger partial charge in [0.15, 0.2) is 11.4 Å². The van der Waals surface area contributed by atoms with Gasteiger partial charge in [-0.3, -0.25) is 24.0 Å². The van der Waals surface area contributed by atoms with Crippen LogP contribution in [-0.4, -0.2) is 139 Å². The smallest absolute Gasteiger partial charge is 0.350 e. The monoisotopic (exact) mass is 933 g/mol. The molecule has 2 aromatic carbocycles. The Morgan fingerprint density at radius 3 is 2.13 bits per heavy atom. The Kier molecular flexibility index (Phi) is 17.2. The molecule has 2 bridgehead atoms. The molecule has 2 aromatic rings. The summed E-state index contributed by atoms with van der Waals surface area (Å²) in [5.41, 5.74) is -7.60. The normalized spacial score (nSPS) is 30.0. The van der Waals surface area contributed by atoms with E-state index in [1.165, 1.54) is 46.8 Å². The summed E-state index contributed by atoms with van der Waals surface area (Å²) < 4.78 is 35.3. The van der Waals surface area contributed by atoms with Crippen LogP contribution in [0.2, 0.25) is 0 Å². The zero-order chi connectivity index (χ0) is 47.6. The van der Waals surface area contributed by atoms with E-state index in [1.807, 2.05) is 0 Å². The summed E-state index contributed by atoms with van der Waals surface area (Å²) in [5, 5.41) is 42.9. The highest BCUT2D eigenvalue weighted by atomic mass is 16.6. The lowest BCUT2D eigenvalue weighted by Crippen LogP contribution is -2.81. The van der Waals surface area contributed by atoms with E-state index in [-0.39, 0.29) is 58.6 Å². The maximum atomic E-state index is 15.1. The molecule has 1 aliphatic heterocycles. The summed E-state index contributed by atoms with van der Waals surface area (Å²) in [4.78, 5) is 95.6. The average Bonchev–Trinajstić information content (AvgIpc) is 3.25. The Balaban J connectivity index is 0.00000490. The molecule has 4 aliphatic rings. The second-order valence-electron chi connectivity index (χ2n) is 17.8. The minimum atomic E-state index is -2.43. The van der Waals surface area contributed by atoms with Crippen molar-refractivity contribution in [2.24, 2.45) is 16.7 Å². The third kappa shape index (κ3) is 10.1. The fraction of sp³-hybridized carbons (Fsp3) is 0.562. The number of benzene rings is 2. The fourth-order valence-corrected chi connectivity index (χ4v) is 10.2. The van der Waals surface area contributed by atoms with Crippen LogP contribution < -0.4 is 10.6 Å². The highest BCUT2D eigenvalue weighted by Crippen LogP contribution is 2.64. The number of aliphatic hydroxyl groups is 3. The molecule has 1 saturated heterocycles. The van der Waals surface area contributed by atoms with Crippen molar-refractivity contribution in [1.29, 1.82) is 0 Å². The molecule has 3 aliphatic carbocycles. The van der Waals surface area contributed by atoms with Crippen molar-refractivity contribution in [2.75, 3.05) is 26.4 Å². The summed E-state index contributed by atoms with van der Waals surface area (Å²) >= 11 is 0. The Hall–Kier alpha value is -5.47. The van der Waals surface area contributed by atoms with Crippen molar-refractivity contribution in [3.8, 4) is 0 Å². The zero-order valence-corrected chi connectivity index (χ0v) is 38.1. The Labute approximate surface area is 392 Å². The van der Waals surface area contributed by atoms with Gasteiger partial charge in [-0.05, 0) is 49.6 Å². The molecule has 5 N–H and O–H groups in total. The van der Waals surface area contributed by atoms with E-state index in [9.17, 15) is 44.1 Å². The Bertz CT molecular complexity index is 2200. The molecule has 3 radical (unpaired) electrons. The summed E-state index contributed by atoms with van der Waals surface area (Å²) in [7, 11) is 0. The van der Waals surface area contributed by atoms with Crippen LogP contribution in [0.15, 0.2) is 71.8 Å². The number of rotatable bonds is 15. The van der Waals surface area contributed by atoms with Crippen LogP contribution in [0.1, 0.15) is 97.1 Å². The number of ether oxygens (including phenoxy) is 6. The average molecular weight is 934 g/mol. The van der Waals surface area contributed by atoms with Gasteiger partial charge < -0.3 is 54.4 Å². The van der Waals surface area contributed by atoms with Gasteiger partial charge in [0.25, 0.3) is 0 Å². The second-order valence-corrected chi connectivity index (χ2v) is 17.8. The van der Waals surface area contributed by atoms with Crippen LogP contribution in [-0.2, 0) is 57.2 Å². The van der Waals surface area contributed by atoms with Crippen LogP contribution in [0.4, 0.5) is 0 Å². The van der Waals surface area contributed by atoms with Gasteiger partial charge in [0.2, 0.25) is 17.9 Å². The third-order valence-electron chi connectivity index (χ3n) is 13.6. The van der Waals surface area contributed by atoms with E-state index in [1.54, 1.807) is 55.5 Å². The van der Waals surface area contributed by atoms with Crippen molar-refractivity contribution in [3.05, 3.63) is 82.9 Å². The lowest BCUT2D eigenvalue weighted by molar-refractivity contribution is -0.346. The molecule has 18 nitrogen and oxygen atoms in total. The molecule has 19 heteroatoms. The first kappa shape index (κ1) is 54.1. The molecule has 0 spiro atoms. The van der Waals surface area contributed by atoms with E-state index in [0.29, 0.717) is 12.2 Å². The quantitative estimate of drug-likeness (QED) is 0.0564. The van der Waals surface area contributed by atoms with Crippen molar-refractivity contribution in [2.45, 2.75) is 129 Å². The highest BCUT2D eigenvalue weighted by molar-refractivity contribution is 5.94. The molecule has 67 heavy (non-hydrogen) atoms. The first-order valence-corrected chi connectivity index (χ1v) is 21.6. The number of hydrogen-bond donors (Lipinski definition) is 5. The van der Waals surface area contributed by atoms with Crippen molar-refractivity contribution in [1.82, 2.24) is 10.6 Å². The fourth-order valence-electron chi connectivity index (χ4n) is 10.2. The minimum Gasteiger partial charge on any atom is -0.455 e. The van der Waals surface area contributed by atoms with Gasteiger partial charge in [-0.25, -0.2) is 9.59 Å². The number of carbonyl (C=O) groups excluding carboxylic acids is 7. The molecule has 2 saturated carbocycles. The summed E-state index contributed by atoms with van der Waals surface area (Å²) in [6, 6.07) is 14.5. The number of fused-ring (bicyclic) bond motifs is 5. The van der Waals surface area contributed by atoms with E-state index in [0.717, 1.165) is 6.92 Å². The van der Waals surface area contributed by atoms with Crippen molar-refractivity contribution >= 4 is 49.9 Å². The number of ketones is 1. The standard InChI is InChI=1S/C47H58N2O16.CH4.B/c1-8-60-20-19-33(53)48-23-34(54)63-38(36(49-26(3)50)28-15-11-9-12-16-28)43(58)62-30-22-47(59)41(64-42(57)29-17-13-10-14-18-29)39-45(7,40(56)37(55)35(25(30)2)44(47,5)6)31(52)21-32-46(39,24-61-32)65-27(4)51;;/h9-18,30-32,36-39,41,52,55,59H,8,19-24H2,1-7H3,(H,48,53)(H,49,50);1H4;/t30-,31-,32?,36-,37+,38+,39?,41-,45?,46-,47+;;/m0../s1. The van der Waals surface area contributed by atoms with Crippen LogP contribution in [0.25, 0.3) is 0 Å². The number of aliphatic hydroxyl groups excluding tert-OH is 2. The van der Waals surface area contributed by atoms with E-state index < -0.39 is 125 Å². The molecule has 2 amide bonds. The summed E-state index contributed by atoms with van der Waals surface area (Å²) in [6.45, 7) is 9.43. The number of nitrogens with one attached hydrogen (secondary N) is 2. The molecule has 363 valence electrons. The molecule has 0 aromatic heterocycles. The molecule has 6 rings (SSSR count). The van der Waals surface area contributed by atoms with Gasteiger partial charge in [0.05, 0.1) is 36.2 Å². The number of carbonyl (C=O) groups is 7. The topological polar surface area (TPSA) is 260 Å². The lowest BCUT2D eigenvalue weighted by Gasteiger charge is -2.67. The molecule has 1 heterocycles. The van der Waals surface area contributed by atoms with E-state index in [2.05, 4.69) is 10.6 Å². The second kappa shape index (κ2) is 21.2. The molecule has 11 atom stereocenters. The zero-order valence-electron chi connectivity index (χ0n) is 38.1. The Morgan fingerprint density at radius 2 is 1.57 bits per heavy atom. The van der Waals surface area contributed by atoms with E-state index >= 15 is 4.79 Å². The van der Waals surface area contributed by atoms with E-state index in [4.69, 9.17) is 28.4 Å². The van der Waals surface area contributed by atoms with Gasteiger partial charge >= 0.3 is 23.9 Å². The summed E-state index contributed by atoms with van der Waals surface area (Å²) in [5.74, 6) is -7.75. The molecular weight excluding hydrogens is 871 g/mol. The van der Waals surface area contributed by atoms with Crippen LogP contribution in [0, 0.1) is 16.7 Å². The van der Waals surface area contributed by atoms with Gasteiger partial charge in [0, 0.05) is 53.5 Å². The first-order chi connectivity index (χ1) is 30.6. The van der Waals surface area contributed by atoms with Gasteiger partial charge in [-0.2, -0.15) is 0 Å². The van der Waals surface area contributed by atoms with Gasteiger partial charge in [0.1, 0.15) is 42.6 Å². The van der Waals surface area contributed by atoms with Crippen LogP contribution in [0.5, 0.6) is 0 Å². The van der Waals surface area contributed by atoms with Crippen molar-refractivity contribution in [3.63, 3.8) is 0 Å². The number of esters is 4. The maximum Gasteiger partial charge on any atom is 0.350 e. The number of Topliss-reactive ketones (excluding diaryl/α,β-unsaturated/α-hetero) is 1. The molecular formula is C48H62BN2O16. The summed E-state index contributed by atoms with van der Waals surface area (Å²) in [6.07, 6.45) is -10.9.